The van der Waals surface area contributed by atoms with E-state index in [2.05, 4.69) is 28.2 Å². The number of hydrogen-bond acceptors (Lipinski definition) is 6. The van der Waals surface area contributed by atoms with Crippen LogP contribution in [0.1, 0.15) is 34.2 Å². The quantitative estimate of drug-likeness (QED) is 0.276. The van der Waals surface area contributed by atoms with Crippen LogP contribution in [0.2, 0.25) is 0 Å². The molecule has 3 aromatic rings. The lowest BCUT2D eigenvalue weighted by atomic mass is 10.1. The number of rotatable bonds is 10. The first-order valence-corrected chi connectivity index (χ1v) is 11.1. The predicted octanol–water partition coefficient (Wildman–Crippen LogP) is 4.59. The SMILES string of the molecule is C=CCn1c(COc2ccc(C)cc2C)nnc1SCC(=O)Nc1ccc(C(C)=O)cc1. The number of benzene rings is 2. The molecular weight excluding hydrogens is 424 g/mol. The van der Waals surface area contributed by atoms with E-state index in [0.29, 0.717) is 28.8 Å². The number of carbonyl (C=O) groups excluding carboxylic acids is 2. The number of nitrogens with one attached hydrogen (secondary N) is 1. The third kappa shape index (κ3) is 6.07. The summed E-state index contributed by atoms with van der Waals surface area (Å²) in [5.74, 6) is 1.44. The van der Waals surface area contributed by atoms with Gasteiger partial charge in [-0.25, -0.2) is 0 Å². The summed E-state index contributed by atoms with van der Waals surface area (Å²) in [7, 11) is 0. The first-order valence-electron chi connectivity index (χ1n) is 10.1. The van der Waals surface area contributed by atoms with E-state index in [9.17, 15) is 9.59 Å². The van der Waals surface area contributed by atoms with E-state index in [1.54, 1.807) is 30.3 Å². The molecule has 7 nitrogen and oxygen atoms in total. The molecule has 0 aliphatic heterocycles. The van der Waals surface area contributed by atoms with Gasteiger partial charge in [-0.1, -0.05) is 35.5 Å². The number of nitrogens with zero attached hydrogens (tertiary/aromatic N) is 3. The summed E-state index contributed by atoms with van der Waals surface area (Å²) < 4.78 is 7.82. The fourth-order valence-corrected chi connectivity index (χ4v) is 3.83. The molecule has 3 rings (SSSR count). The normalized spacial score (nSPS) is 10.6. The van der Waals surface area contributed by atoms with Gasteiger partial charge in [-0.05, 0) is 56.7 Å². The Bertz CT molecular complexity index is 1120. The van der Waals surface area contributed by atoms with Gasteiger partial charge in [-0.3, -0.25) is 14.2 Å². The number of amides is 1. The van der Waals surface area contributed by atoms with Crippen LogP contribution in [-0.4, -0.2) is 32.2 Å². The first-order chi connectivity index (χ1) is 15.4. The zero-order valence-corrected chi connectivity index (χ0v) is 19.2. The molecule has 0 saturated heterocycles. The lowest BCUT2D eigenvalue weighted by Gasteiger charge is -2.11. The van der Waals surface area contributed by atoms with E-state index in [0.717, 1.165) is 11.3 Å². The number of ketones is 1. The number of thioether (sulfide) groups is 1. The molecule has 1 aromatic heterocycles. The van der Waals surface area contributed by atoms with Gasteiger partial charge in [0.15, 0.2) is 16.8 Å². The van der Waals surface area contributed by atoms with Crippen LogP contribution in [-0.2, 0) is 17.9 Å². The molecule has 0 radical (unpaired) electrons. The number of allylic oxidation sites excluding steroid dienone is 1. The zero-order chi connectivity index (χ0) is 23.1. The molecule has 1 amide bonds. The van der Waals surface area contributed by atoms with Gasteiger partial charge in [0.25, 0.3) is 0 Å². The molecule has 0 fully saturated rings. The van der Waals surface area contributed by atoms with Crippen LogP contribution in [0.3, 0.4) is 0 Å². The second-order valence-electron chi connectivity index (χ2n) is 7.33. The third-order valence-corrected chi connectivity index (χ3v) is 5.67. The molecule has 0 aliphatic carbocycles. The van der Waals surface area contributed by atoms with Crippen molar-refractivity contribution >= 4 is 29.1 Å². The third-order valence-electron chi connectivity index (χ3n) is 4.70. The van der Waals surface area contributed by atoms with Crippen LogP contribution in [0.5, 0.6) is 5.75 Å². The number of aryl methyl sites for hydroxylation is 2. The van der Waals surface area contributed by atoms with Gasteiger partial charge in [0.1, 0.15) is 12.4 Å². The zero-order valence-electron chi connectivity index (χ0n) is 18.4. The van der Waals surface area contributed by atoms with Crippen molar-refractivity contribution in [1.82, 2.24) is 14.8 Å². The number of hydrogen-bond donors (Lipinski definition) is 1. The largest absolute Gasteiger partial charge is 0.485 e. The van der Waals surface area contributed by atoms with Crippen molar-refractivity contribution < 1.29 is 14.3 Å². The Morgan fingerprint density at radius 2 is 1.91 bits per heavy atom. The van der Waals surface area contributed by atoms with Crippen LogP contribution in [0.25, 0.3) is 0 Å². The molecule has 1 heterocycles. The Labute approximate surface area is 191 Å². The maximum atomic E-state index is 12.4. The summed E-state index contributed by atoms with van der Waals surface area (Å²) in [6, 6.07) is 12.8. The monoisotopic (exact) mass is 450 g/mol. The van der Waals surface area contributed by atoms with Crippen LogP contribution in [0, 0.1) is 13.8 Å². The highest BCUT2D eigenvalue weighted by Crippen LogP contribution is 2.22. The predicted molar refractivity (Wildman–Crippen MR) is 126 cm³/mol. The molecule has 0 aliphatic rings. The van der Waals surface area contributed by atoms with Crippen LogP contribution >= 0.6 is 11.8 Å². The van der Waals surface area contributed by atoms with Crippen molar-refractivity contribution in [3.05, 3.63) is 77.6 Å². The number of aromatic nitrogens is 3. The summed E-state index contributed by atoms with van der Waals surface area (Å²) in [6.45, 7) is 10.1. The Balaban J connectivity index is 1.61. The fourth-order valence-electron chi connectivity index (χ4n) is 3.06. The first kappa shape index (κ1) is 23.3. The maximum Gasteiger partial charge on any atom is 0.234 e. The molecule has 0 spiro atoms. The van der Waals surface area contributed by atoms with Crippen LogP contribution in [0.4, 0.5) is 5.69 Å². The van der Waals surface area contributed by atoms with Gasteiger partial charge in [0, 0.05) is 17.8 Å². The minimum Gasteiger partial charge on any atom is -0.485 e. The van der Waals surface area contributed by atoms with Gasteiger partial charge in [0.05, 0.1) is 5.75 Å². The number of anilines is 1. The summed E-state index contributed by atoms with van der Waals surface area (Å²) in [6.07, 6.45) is 1.75. The molecule has 0 saturated carbocycles. The topological polar surface area (TPSA) is 86.1 Å². The second-order valence-corrected chi connectivity index (χ2v) is 8.27. The minimum atomic E-state index is -0.174. The molecule has 0 bridgehead atoms. The molecule has 0 atom stereocenters. The van der Waals surface area contributed by atoms with Gasteiger partial charge >= 0.3 is 0 Å². The number of ether oxygens (including phenoxy) is 1. The molecule has 1 N–H and O–H groups in total. The van der Waals surface area contributed by atoms with Crippen molar-refractivity contribution in [2.45, 2.75) is 39.1 Å². The van der Waals surface area contributed by atoms with E-state index < -0.39 is 0 Å². The van der Waals surface area contributed by atoms with Crippen molar-refractivity contribution in [3.8, 4) is 5.75 Å². The van der Waals surface area contributed by atoms with Gasteiger partial charge in [0.2, 0.25) is 5.91 Å². The Morgan fingerprint density at radius 3 is 2.56 bits per heavy atom. The number of Topliss-reactive ketones (excluding diaryl/α,β-unsaturated/α-hetero) is 1. The van der Waals surface area contributed by atoms with Crippen LogP contribution in [0.15, 0.2) is 60.3 Å². The molecule has 8 heteroatoms. The summed E-state index contributed by atoms with van der Waals surface area (Å²) in [5, 5.41) is 11.9. The smallest absolute Gasteiger partial charge is 0.234 e. The Kier molecular flexibility index (Phi) is 7.83. The van der Waals surface area contributed by atoms with E-state index in [1.807, 2.05) is 30.5 Å². The van der Waals surface area contributed by atoms with Crippen molar-refractivity contribution in [3.63, 3.8) is 0 Å². The van der Waals surface area contributed by atoms with E-state index in [1.165, 1.54) is 24.2 Å². The van der Waals surface area contributed by atoms with E-state index >= 15 is 0 Å². The van der Waals surface area contributed by atoms with Crippen molar-refractivity contribution in [2.75, 3.05) is 11.1 Å². The van der Waals surface area contributed by atoms with Gasteiger partial charge in [-0.15, -0.1) is 16.8 Å². The lowest BCUT2D eigenvalue weighted by molar-refractivity contribution is -0.113. The highest BCUT2D eigenvalue weighted by Gasteiger charge is 2.15. The van der Waals surface area contributed by atoms with E-state index in [4.69, 9.17) is 4.74 Å². The van der Waals surface area contributed by atoms with E-state index in [-0.39, 0.29) is 24.1 Å². The highest BCUT2D eigenvalue weighted by atomic mass is 32.2. The fraction of sp³-hybridized carbons (Fsp3) is 0.250. The molecule has 32 heavy (non-hydrogen) atoms. The van der Waals surface area contributed by atoms with Gasteiger partial charge in [-0.2, -0.15) is 0 Å². The number of carbonyl (C=O) groups is 2. The average Bonchev–Trinajstić information content (AvgIpc) is 3.14. The van der Waals surface area contributed by atoms with Crippen LogP contribution < -0.4 is 10.1 Å². The Morgan fingerprint density at radius 1 is 1.16 bits per heavy atom. The van der Waals surface area contributed by atoms with Crippen molar-refractivity contribution in [2.24, 2.45) is 0 Å². The molecule has 0 unspecified atom stereocenters. The summed E-state index contributed by atoms with van der Waals surface area (Å²) >= 11 is 1.29. The lowest BCUT2D eigenvalue weighted by Crippen LogP contribution is -2.15. The molecule has 166 valence electrons. The Hall–Kier alpha value is -3.39. The average molecular weight is 451 g/mol. The molecule has 2 aromatic carbocycles. The second kappa shape index (κ2) is 10.8. The highest BCUT2D eigenvalue weighted by molar-refractivity contribution is 7.99. The van der Waals surface area contributed by atoms with Crippen molar-refractivity contribution in [1.29, 1.82) is 0 Å². The maximum absolute atomic E-state index is 12.4. The van der Waals surface area contributed by atoms with Gasteiger partial charge < -0.3 is 10.1 Å². The summed E-state index contributed by atoms with van der Waals surface area (Å²) in [5.41, 5.74) is 3.47. The summed E-state index contributed by atoms with van der Waals surface area (Å²) in [4.78, 5) is 23.7. The molecular formula is C24H26N4O3S. The minimum absolute atomic E-state index is 0.0164. The standard InChI is InChI=1S/C24H26N4O3S/c1-5-12-28-22(14-31-21-11-6-16(2)13-17(21)3)26-27-24(28)32-15-23(30)25-20-9-7-19(8-10-20)18(4)29/h5-11,13H,1,12,14-15H2,2-4H3,(H,25,30).